The Morgan fingerprint density at radius 1 is 1.43 bits per heavy atom. The lowest BCUT2D eigenvalue weighted by Crippen LogP contribution is -2.40. The molecule has 0 radical (unpaired) electrons. The van der Waals surface area contributed by atoms with Gasteiger partial charge < -0.3 is 14.7 Å². The van der Waals surface area contributed by atoms with E-state index >= 15 is 0 Å². The van der Waals surface area contributed by atoms with Gasteiger partial charge in [0, 0.05) is 30.6 Å². The molecule has 0 unspecified atom stereocenters. The number of carbonyl (C=O) groups is 2. The molecule has 8 heteroatoms. The zero-order chi connectivity index (χ0) is 15.1. The average Bonchev–Trinajstić information content (AvgIpc) is 2.91. The Kier molecular flexibility index (Phi) is 6.47. The highest BCUT2D eigenvalue weighted by Crippen LogP contribution is 2.24. The maximum Gasteiger partial charge on any atom is 0.309 e. The fraction of sp³-hybridized carbons (Fsp3) is 0.615. The minimum atomic E-state index is -0.868. The maximum absolute atomic E-state index is 11.9. The zero-order valence-corrected chi connectivity index (χ0v) is 13.3. The van der Waals surface area contributed by atoms with Gasteiger partial charge in [-0.2, -0.15) is 0 Å². The van der Waals surface area contributed by atoms with Crippen molar-refractivity contribution in [1.82, 2.24) is 9.88 Å². The van der Waals surface area contributed by atoms with Crippen molar-refractivity contribution < 1.29 is 19.4 Å². The van der Waals surface area contributed by atoms with E-state index in [-0.39, 0.29) is 12.3 Å². The third-order valence-corrected chi connectivity index (χ3v) is 5.14. The van der Waals surface area contributed by atoms with Crippen LogP contribution in [0.4, 0.5) is 0 Å². The van der Waals surface area contributed by atoms with E-state index in [1.54, 1.807) is 17.1 Å². The number of nitrogens with zero attached hydrogens (tertiary/aromatic N) is 2. The number of aromatic nitrogens is 1. The van der Waals surface area contributed by atoms with Crippen LogP contribution >= 0.6 is 23.1 Å². The largest absolute Gasteiger partial charge is 0.481 e. The number of thiazole rings is 1. The van der Waals surface area contributed by atoms with Crippen molar-refractivity contribution in [1.29, 1.82) is 0 Å². The molecule has 1 saturated heterocycles. The molecule has 0 aromatic carbocycles. The van der Waals surface area contributed by atoms with Crippen LogP contribution in [0.15, 0.2) is 9.72 Å². The predicted molar refractivity (Wildman–Crippen MR) is 80.8 cm³/mol. The molecule has 0 bridgehead atoms. The van der Waals surface area contributed by atoms with Crippen LogP contribution in [-0.2, 0) is 20.7 Å². The molecule has 21 heavy (non-hydrogen) atoms. The molecule has 0 atom stereocenters. The molecule has 2 rings (SSSR count). The van der Waals surface area contributed by atoms with Crippen LogP contribution in [0.2, 0.25) is 0 Å². The van der Waals surface area contributed by atoms with E-state index in [1.807, 2.05) is 4.90 Å². The van der Waals surface area contributed by atoms with E-state index in [1.165, 1.54) is 11.3 Å². The highest BCUT2D eigenvalue weighted by atomic mass is 32.2. The lowest BCUT2D eigenvalue weighted by molar-refractivity contribution is -0.136. The van der Waals surface area contributed by atoms with Crippen LogP contribution in [0.1, 0.15) is 18.5 Å². The molecular formula is C13H18N2O4S2. The summed E-state index contributed by atoms with van der Waals surface area (Å²) < 4.78 is 6.08. The Morgan fingerprint density at radius 3 is 2.90 bits per heavy atom. The monoisotopic (exact) mass is 330 g/mol. The van der Waals surface area contributed by atoms with Gasteiger partial charge in [0.05, 0.1) is 25.3 Å². The van der Waals surface area contributed by atoms with Gasteiger partial charge in [-0.25, -0.2) is 4.98 Å². The number of morpholine rings is 1. The highest BCUT2D eigenvalue weighted by molar-refractivity contribution is 8.01. The van der Waals surface area contributed by atoms with E-state index in [2.05, 4.69) is 4.98 Å². The van der Waals surface area contributed by atoms with Gasteiger partial charge in [-0.1, -0.05) is 11.8 Å². The number of amides is 1. The molecule has 1 N–H and O–H groups in total. The molecule has 116 valence electrons. The molecule has 1 amide bonds. The molecule has 1 aromatic rings. The number of carboxylic acid groups (broad SMARTS) is 1. The predicted octanol–water partition coefficient (Wildman–Crippen LogP) is 1.50. The van der Waals surface area contributed by atoms with Crippen molar-refractivity contribution >= 4 is 35.0 Å². The minimum absolute atomic E-state index is 0.0351. The molecule has 1 aromatic heterocycles. The fourth-order valence-corrected chi connectivity index (χ4v) is 3.80. The number of aliphatic carboxylic acids is 1. The Hall–Kier alpha value is -1.12. The zero-order valence-electron chi connectivity index (χ0n) is 11.6. The topological polar surface area (TPSA) is 79.7 Å². The van der Waals surface area contributed by atoms with Gasteiger partial charge >= 0.3 is 5.97 Å². The second kappa shape index (κ2) is 8.35. The number of ether oxygens (including phenoxy) is 1. The Balaban J connectivity index is 1.63. The third-order valence-electron chi connectivity index (χ3n) is 2.99. The van der Waals surface area contributed by atoms with Gasteiger partial charge in [0.1, 0.15) is 4.34 Å². The molecule has 1 fully saturated rings. The summed E-state index contributed by atoms with van der Waals surface area (Å²) >= 11 is 3.03. The van der Waals surface area contributed by atoms with Crippen molar-refractivity contribution in [3.63, 3.8) is 0 Å². The summed E-state index contributed by atoms with van der Waals surface area (Å²) in [7, 11) is 0. The van der Waals surface area contributed by atoms with E-state index < -0.39 is 5.97 Å². The molecular weight excluding hydrogens is 312 g/mol. The van der Waals surface area contributed by atoms with Gasteiger partial charge in [0.2, 0.25) is 5.91 Å². The summed E-state index contributed by atoms with van der Waals surface area (Å²) in [5, 5.41) is 10.5. The molecule has 6 nitrogen and oxygen atoms in total. The van der Waals surface area contributed by atoms with Crippen LogP contribution in [-0.4, -0.2) is 58.9 Å². The van der Waals surface area contributed by atoms with Gasteiger partial charge in [-0.15, -0.1) is 11.3 Å². The summed E-state index contributed by atoms with van der Waals surface area (Å²) in [4.78, 5) is 28.6. The number of thioether (sulfide) groups is 1. The summed E-state index contributed by atoms with van der Waals surface area (Å²) in [6.07, 6.45) is 1.31. The second-order valence-electron chi connectivity index (χ2n) is 4.62. The number of carbonyl (C=O) groups excluding carboxylic acids is 1. The Morgan fingerprint density at radius 2 is 2.19 bits per heavy atom. The summed E-state index contributed by atoms with van der Waals surface area (Å²) in [6, 6.07) is 0. The van der Waals surface area contributed by atoms with Gasteiger partial charge in [-0.3, -0.25) is 9.59 Å². The Bertz CT molecular complexity index is 486. The van der Waals surface area contributed by atoms with E-state index in [0.717, 1.165) is 16.5 Å². The fourth-order valence-electron chi connectivity index (χ4n) is 1.94. The van der Waals surface area contributed by atoms with Crippen molar-refractivity contribution in [3.8, 4) is 0 Å². The number of rotatable bonds is 7. The lowest BCUT2D eigenvalue weighted by Gasteiger charge is -2.26. The van der Waals surface area contributed by atoms with E-state index in [9.17, 15) is 9.59 Å². The van der Waals surface area contributed by atoms with E-state index in [4.69, 9.17) is 9.84 Å². The standard InChI is InChI=1S/C13H18N2O4S2/c16-11(15-3-5-19-6-4-15)2-1-7-20-13-14-10(9-21-13)8-12(17)18/h9H,1-8H2,(H,17,18). The number of carboxylic acids is 1. The summed E-state index contributed by atoms with van der Waals surface area (Å²) in [5.74, 6) is 0.133. The van der Waals surface area contributed by atoms with Gasteiger partial charge in [0.15, 0.2) is 0 Å². The summed E-state index contributed by atoms with van der Waals surface area (Å²) in [6.45, 7) is 2.64. The molecule has 0 spiro atoms. The Labute approximate surface area is 131 Å². The molecule has 1 aliphatic heterocycles. The van der Waals surface area contributed by atoms with Crippen molar-refractivity contribution in [2.24, 2.45) is 0 Å². The van der Waals surface area contributed by atoms with Crippen molar-refractivity contribution in [3.05, 3.63) is 11.1 Å². The average molecular weight is 330 g/mol. The van der Waals surface area contributed by atoms with E-state index in [0.29, 0.717) is 38.4 Å². The normalized spacial score (nSPS) is 15.1. The summed E-state index contributed by atoms with van der Waals surface area (Å²) in [5.41, 5.74) is 0.597. The first-order chi connectivity index (χ1) is 10.1. The second-order valence-corrected chi connectivity index (χ2v) is 6.82. The van der Waals surface area contributed by atoms with Crippen LogP contribution in [0.5, 0.6) is 0 Å². The first-order valence-electron chi connectivity index (χ1n) is 6.79. The molecule has 2 heterocycles. The SMILES string of the molecule is O=C(O)Cc1csc(SCCCC(=O)N2CCOCC2)n1. The third kappa shape index (κ3) is 5.64. The van der Waals surface area contributed by atoms with Crippen LogP contribution in [0.3, 0.4) is 0 Å². The molecule has 0 aliphatic carbocycles. The van der Waals surface area contributed by atoms with Gasteiger partial charge in [0.25, 0.3) is 0 Å². The maximum atomic E-state index is 11.9. The highest BCUT2D eigenvalue weighted by Gasteiger charge is 2.16. The van der Waals surface area contributed by atoms with Gasteiger partial charge in [-0.05, 0) is 6.42 Å². The molecule has 1 aliphatic rings. The smallest absolute Gasteiger partial charge is 0.309 e. The molecule has 0 saturated carbocycles. The van der Waals surface area contributed by atoms with Crippen LogP contribution in [0.25, 0.3) is 0 Å². The van der Waals surface area contributed by atoms with Crippen LogP contribution in [0, 0.1) is 0 Å². The van der Waals surface area contributed by atoms with Crippen LogP contribution < -0.4 is 0 Å². The van der Waals surface area contributed by atoms with Crippen molar-refractivity contribution in [2.45, 2.75) is 23.6 Å². The lowest BCUT2D eigenvalue weighted by atomic mass is 10.3. The minimum Gasteiger partial charge on any atom is -0.481 e. The number of hydrogen-bond donors (Lipinski definition) is 1. The first kappa shape index (κ1) is 16.3. The number of hydrogen-bond acceptors (Lipinski definition) is 6. The van der Waals surface area contributed by atoms with Crippen molar-refractivity contribution in [2.75, 3.05) is 32.1 Å². The quantitative estimate of drug-likeness (QED) is 0.603. The first-order valence-corrected chi connectivity index (χ1v) is 8.66.